The lowest BCUT2D eigenvalue weighted by atomic mass is 9.94. The molecule has 0 radical (unpaired) electrons. The molecule has 1 aliphatic heterocycles. The molecule has 1 fully saturated rings. The minimum Gasteiger partial charge on any atom is -0.507 e. The molecule has 3 aromatic rings. The summed E-state index contributed by atoms with van der Waals surface area (Å²) in [5.74, 6) is -0.873. The molecule has 2 heterocycles. The molecule has 6 heteroatoms. The van der Waals surface area contributed by atoms with Gasteiger partial charge in [-0.25, -0.2) is 0 Å². The number of amides is 1. The Morgan fingerprint density at radius 2 is 1.75 bits per heavy atom. The fourth-order valence-corrected chi connectivity index (χ4v) is 3.92. The van der Waals surface area contributed by atoms with Crippen LogP contribution in [0.5, 0.6) is 5.75 Å². The molecule has 162 valence electrons. The van der Waals surface area contributed by atoms with Gasteiger partial charge in [0, 0.05) is 24.5 Å². The molecule has 0 spiro atoms. The Morgan fingerprint density at radius 1 is 1.03 bits per heavy atom. The number of Topliss-reactive ketones (excluding diaryl/α,β-unsaturated/α-hetero) is 1. The predicted octanol–water partition coefficient (Wildman–Crippen LogP) is 4.27. The van der Waals surface area contributed by atoms with Crippen LogP contribution in [0.25, 0.3) is 5.76 Å². The normalized spacial score (nSPS) is 17.6. The topological polar surface area (TPSA) is 79.7 Å². The number of aliphatic hydroxyl groups excluding tert-OH is 1. The maximum atomic E-state index is 13.1. The predicted molar refractivity (Wildman–Crippen MR) is 121 cm³/mol. The summed E-state index contributed by atoms with van der Waals surface area (Å²) in [6.07, 6.45) is 4.18. The monoisotopic (exact) mass is 428 g/mol. The quantitative estimate of drug-likeness (QED) is 0.360. The van der Waals surface area contributed by atoms with Crippen LogP contribution in [0.1, 0.15) is 35.2 Å². The van der Waals surface area contributed by atoms with Crippen LogP contribution < -0.4 is 4.74 Å². The number of carbonyl (C=O) groups is 2. The third-order valence-electron chi connectivity index (χ3n) is 5.68. The largest absolute Gasteiger partial charge is 0.507 e. The van der Waals surface area contributed by atoms with Crippen LogP contribution in [0.15, 0.2) is 78.6 Å². The van der Waals surface area contributed by atoms with E-state index in [2.05, 4.69) is 4.98 Å². The molecule has 1 N–H and O–H groups in total. The first kappa shape index (κ1) is 21.3. The standard InChI is InChI=1S/C26H24N2O4/c1-3-17-6-8-20(9-7-17)24(29)22-23(19-10-12-21(32-2)13-11-19)28(26(31)25(22)30)16-18-5-4-14-27-15-18/h4-15,23,29H,3,16H2,1-2H3/b24-22+. The zero-order valence-corrected chi connectivity index (χ0v) is 18.0. The number of methoxy groups -OCH3 is 1. The highest BCUT2D eigenvalue weighted by molar-refractivity contribution is 6.46. The number of ketones is 1. The van der Waals surface area contributed by atoms with E-state index in [-0.39, 0.29) is 17.9 Å². The van der Waals surface area contributed by atoms with Crippen LogP contribution >= 0.6 is 0 Å². The van der Waals surface area contributed by atoms with E-state index < -0.39 is 17.7 Å². The van der Waals surface area contributed by atoms with Gasteiger partial charge in [0.1, 0.15) is 11.5 Å². The van der Waals surface area contributed by atoms with Crippen molar-refractivity contribution in [1.29, 1.82) is 0 Å². The SMILES string of the molecule is CCc1ccc(/C(O)=C2\C(=O)C(=O)N(Cc3cccnc3)C2c2ccc(OC)cc2)cc1. The van der Waals surface area contributed by atoms with Gasteiger partial charge in [0.15, 0.2) is 0 Å². The Morgan fingerprint density at radius 3 is 2.34 bits per heavy atom. The number of aromatic nitrogens is 1. The van der Waals surface area contributed by atoms with Crippen LogP contribution in [-0.2, 0) is 22.6 Å². The second kappa shape index (κ2) is 9.06. The van der Waals surface area contributed by atoms with E-state index in [1.807, 2.05) is 25.1 Å². The van der Waals surface area contributed by atoms with Gasteiger partial charge in [-0.05, 0) is 41.3 Å². The van der Waals surface area contributed by atoms with Crippen molar-refractivity contribution in [2.24, 2.45) is 0 Å². The van der Waals surface area contributed by atoms with Crippen molar-refractivity contribution in [3.8, 4) is 5.75 Å². The van der Waals surface area contributed by atoms with Crippen LogP contribution in [0.2, 0.25) is 0 Å². The van der Waals surface area contributed by atoms with Gasteiger partial charge in [0.25, 0.3) is 11.7 Å². The second-order valence-corrected chi connectivity index (χ2v) is 7.61. The lowest BCUT2D eigenvalue weighted by Gasteiger charge is -2.25. The molecule has 1 saturated heterocycles. The minimum absolute atomic E-state index is 0.0771. The number of aryl methyl sites for hydroxylation is 1. The summed E-state index contributed by atoms with van der Waals surface area (Å²) in [6, 6.07) is 17.4. The first-order valence-electron chi connectivity index (χ1n) is 10.4. The van der Waals surface area contributed by atoms with Gasteiger partial charge in [-0.3, -0.25) is 14.6 Å². The van der Waals surface area contributed by atoms with Gasteiger partial charge in [-0.2, -0.15) is 0 Å². The summed E-state index contributed by atoms with van der Waals surface area (Å²) >= 11 is 0. The first-order chi connectivity index (χ1) is 15.5. The molecule has 1 aliphatic rings. The molecule has 1 atom stereocenters. The molecule has 4 rings (SSSR count). The summed E-state index contributed by atoms with van der Waals surface area (Å²) < 4.78 is 5.24. The molecule has 6 nitrogen and oxygen atoms in total. The number of ether oxygens (including phenoxy) is 1. The zero-order chi connectivity index (χ0) is 22.7. The van der Waals surface area contributed by atoms with E-state index >= 15 is 0 Å². The Kier molecular flexibility index (Phi) is 6.03. The van der Waals surface area contributed by atoms with Crippen molar-refractivity contribution < 1.29 is 19.4 Å². The van der Waals surface area contributed by atoms with Crippen molar-refractivity contribution in [2.45, 2.75) is 25.9 Å². The Hall–Kier alpha value is -3.93. The van der Waals surface area contributed by atoms with Crippen molar-refractivity contribution in [3.63, 3.8) is 0 Å². The highest BCUT2D eigenvalue weighted by atomic mass is 16.5. The summed E-state index contributed by atoms with van der Waals surface area (Å²) in [6.45, 7) is 2.24. The molecule has 32 heavy (non-hydrogen) atoms. The lowest BCUT2D eigenvalue weighted by molar-refractivity contribution is -0.140. The molecule has 1 unspecified atom stereocenters. The van der Waals surface area contributed by atoms with Crippen molar-refractivity contribution in [3.05, 3.63) is 101 Å². The number of benzene rings is 2. The fourth-order valence-electron chi connectivity index (χ4n) is 3.92. The van der Waals surface area contributed by atoms with E-state index in [9.17, 15) is 14.7 Å². The Bertz CT molecular complexity index is 1150. The molecule has 0 saturated carbocycles. The highest BCUT2D eigenvalue weighted by Crippen LogP contribution is 2.40. The number of hydrogen-bond acceptors (Lipinski definition) is 5. The van der Waals surface area contributed by atoms with E-state index in [0.29, 0.717) is 16.9 Å². The third-order valence-corrected chi connectivity index (χ3v) is 5.68. The van der Waals surface area contributed by atoms with Gasteiger partial charge in [-0.1, -0.05) is 49.4 Å². The second-order valence-electron chi connectivity index (χ2n) is 7.61. The number of nitrogens with zero attached hydrogens (tertiary/aromatic N) is 2. The van der Waals surface area contributed by atoms with E-state index in [4.69, 9.17) is 4.74 Å². The molecular formula is C26H24N2O4. The molecule has 1 aromatic heterocycles. The maximum Gasteiger partial charge on any atom is 0.295 e. The van der Waals surface area contributed by atoms with Crippen molar-refractivity contribution in [2.75, 3.05) is 7.11 Å². The smallest absolute Gasteiger partial charge is 0.295 e. The zero-order valence-electron chi connectivity index (χ0n) is 18.0. The number of rotatable bonds is 6. The average Bonchev–Trinajstić information content (AvgIpc) is 3.09. The third kappa shape index (κ3) is 3.99. The van der Waals surface area contributed by atoms with Crippen LogP contribution in [0.3, 0.4) is 0 Å². The molecule has 2 aromatic carbocycles. The number of hydrogen-bond donors (Lipinski definition) is 1. The van der Waals surface area contributed by atoms with Crippen molar-refractivity contribution in [1.82, 2.24) is 9.88 Å². The lowest BCUT2D eigenvalue weighted by Crippen LogP contribution is -2.29. The van der Waals surface area contributed by atoms with Gasteiger partial charge in [0.2, 0.25) is 0 Å². The Labute approximate surface area is 186 Å². The van der Waals surface area contributed by atoms with E-state index in [1.54, 1.807) is 62.0 Å². The molecule has 1 amide bonds. The van der Waals surface area contributed by atoms with Gasteiger partial charge in [0.05, 0.1) is 18.7 Å². The van der Waals surface area contributed by atoms with E-state index in [1.165, 1.54) is 4.90 Å². The molecular weight excluding hydrogens is 404 g/mol. The number of carbonyl (C=O) groups excluding carboxylic acids is 2. The summed E-state index contributed by atoms with van der Waals surface area (Å²) in [5, 5.41) is 11.1. The first-order valence-corrected chi connectivity index (χ1v) is 10.4. The minimum atomic E-state index is -0.730. The molecule has 0 bridgehead atoms. The fraction of sp³-hybridized carbons (Fsp3) is 0.192. The summed E-state index contributed by atoms with van der Waals surface area (Å²) in [4.78, 5) is 31.7. The maximum absolute atomic E-state index is 13.1. The summed E-state index contributed by atoms with van der Waals surface area (Å²) in [7, 11) is 1.57. The number of aliphatic hydroxyl groups is 1. The van der Waals surface area contributed by atoms with Gasteiger partial charge >= 0.3 is 0 Å². The number of pyridine rings is 1. The summed E-state index contributed by atoms with van der Waals surface area (Å²) in [5.41, 5.74) is 3.19. The van der Waals surface area contributed by atoms with Gasteiger partial charge in [-0.15, -0.1) is 0 Å². The van der Waals surface area contributed by atoms with E-state index in [0.717, 1.165) is 17.5 Å². The van der Waals surface area contributed by atoms with Crippen LogP contribution in [0, 0.1) is 0 Å². The van der Waals surface area contributed by atoms with Crippen molar-refractivity contribution >= 4 is 17.4 Å². The van der Waals surface area contributed by atoms with Crippen LogP contribution in [0.4, 0.5) is 0 Å². The van der Waals surface area contributed by atoms with Gasteiger partial charge < -0.3 is 14.7 Å². The number of likely N-dealkylation sites (tertiary alicyclic amines) is 1. The highest BCUT2D eigenvalue weighted by Gasteiger charge is 2.46. The average molecular weight is 428 g/mol. The Balaban J connectivity index is 1.83. The molecule has 0 aliphatic carbocycles. The van der Waals surface area contributed by atoms with Crippen LogP contribution in [-0.4, -0.2) is 33.8 Å².